The molecule has 1 aliphatic carbocycles. The number of anilines is 2. The number of benzene rings is 2. The van der Waals surface area contributed by atoms with Gasteiger partial charge in [0.25, 0.3) is 0 Å². The number of nitrogens with zero attached hydrogens (tertiary/aromatic N) is 1. The molecule has 1 aliphatic rings. The van der Waals surface area contributed by atoms with Gasteiger partial charge in [0.15, 0.2) is 5.78 Å². The molecule has 0 aromatic heterocycles. The number of amides is 1. The first-order valence-electron chi connectivity index (χ1n) is 9.77. The molecule has 0 spiro atoms. The third kappa shape index (κ3) is 4.50. The van der Waals surface area contributed by atoms with E-state index in [1.807, 2.05) is 51.6 Å². The molecule has 2 aromatic carbocycles. The Labute approximate surface area is 172 Å². The summed E-state index contributed by atoms with van der Waals surface area (Å²) in [6.07, 6.45) is 4.53. The summed E-state index contributed by atoms with van der Waals surface area (Å²) in [5.41, 5.74) is 12.8. The quantitative estimate of drug-likeness (QED) is 0.506. The van der Waals surface area contributed by atoms with Crippen molar-refractivity contribution in [3.63, 3.8) is 0 Å². The van der Waals surface area contributed by atoms with Gasteiger partial charge in [-0.05, 0) is 46.9 Å². The van der Waals surface area contributed by atoms with Crippen molar-refractivity contribution in [3.05, 3.63) is 76.7 Å². The van der Waals surface area contributed by atoms with Gasteiger partial charge in [-0.25, -0.2) is 0 Å². The molecule has 0 fully saturated rings. The number of nitrogen functional groups attached to an aromatic ring is 1. The molecule has 0 bridgehead atoms. The van der Waals surface area contributed by atoms with Crippen molar-refractivity contribution in [2.45, 2.75) is 26.3 Å². The maximum Gasteiger partial charge on any atom is 0.209 e. The second-order valence-electron chi connectivity index (χ2n) is 7.72. The fraction of sp³-hybridized carbons (Fsp3) is 0.292. The van der Waals surface area contributed by atoms with E-state index in [0.717, 1.165) is 39.9 Å². The number of carbonyl (C=O) groups is 2. The Bertz CT molecular complexity index is 965. The molecular weight excluding hydrogens is 362 g/mol. The van der Waals surface area contributed by atoms with E-state index in [1.165, 1.54) is 0 Å². The molecule has 3 rings (SSSR count). The average molecular weight is 391 g/mol. The van der Waals surface area contributed by atoms with Gasteiger partial charge in [0.05, 0.1) is 11.4 Å². The second kappa shape index (κ2) is 8.52. The van der Waals surface area contributed by atoms with Gasteiger partial charge >= 0.3 is 0 Å². The average Bonchev–Trinajstić information content (AvgIpc) is 3.55. The number of hydrogen-bond acceptors (Lipinski definition) is 4. The van der Waals surface area contributed by atoms with E-state index in [0.29, 0.717) is 12.2 Å². The third-order valence-corrected chi connectivity index (χ3v) is 5.57. The molecule has 0 heterocycles. The Morgan fingerprint density at radius 3 is 2.45 bits per heavy atom. The van der Waals surface area contributed by atoms with E-state index in [9.17, 15) is 9.59 Å². The summed E-state index contributed by atoms with van der Waals surface area (Å²) in [6.45, 7) is 4.53. The molecule has 1 radical (unpaired) electrons. The topological polar surface area (TPSA) is 75.4 Å². The second-order valence-corrected chi connectivity index (χ2v) is 7.72. The summed E-state index contributed by atoms with van der Waals surface area (Å²) in [5.74, 6) is -0.232. The summed E-state index contributed by atoms with van der Waals surface area (Å²) in [4.78, 5) is 25.6. The lowest BCUT2D eigenvalue weighted by atomic mass is 9.78. The van der Waals surface area contributed by atoms with Crippen molar-refractivity contribution >= 4 is 23.6 Å². The van der Waals surface area contributed by atoms with Crippen LogP contribution in [0.3, 0.4) is 0 Å². The van der Waals surface area contributed by atoms with Gasteiger partial charge in [0.1, 0.15) is 0 Å². The number of Topliss-reactive ketones (excluding diaryl/α,β-unsaturated/α-hetero) is 1. The lowest BCUT2D eigenvalue weighted by Crippen LogP contribution is -2.21. The highest BCUT2D eigenvalue weighted by Crippen LogP contribution is 2.38. The molecule has 29 heavy (non-hydrogen) atoms. The summed E-state index contributed by atoms with van der Waals surface area (Å²) in [7, 11) is 3.59. The minimum absolute atomic E-state index is 0.133. The minimum atomic E-state index is -0.237. The molecule has 151 valence electrons. The first kappa shape index (κ1) is 20.6. The van der Waals surface area contributed by atoms with E-state index >= 15 is 0 Å². The standard InChI is InChI=1S/C24H28N3O2/c1-15-5-6-18(11-20(15)13-27(4)14-28)23(16(2)24(29)17-7-8-17)19-9-10-22(26-3)21(25)12-19/h5-12,14,16,23,26H,13,25H2,1-4H3. The van der Waals surface area contributed by atoms with Crippen molar-refractivity contribution in [2.75, 3.05) is 25.1 Å². The predicted octanol–water partition coefficient (Wildman–Crippen LogP) is 3.69. The van der Waals surface area contributed by atoms with E-state index in [-0.39, 0.29) is 17.6 Å². The zero-order valence-corrected chi connectivity index (χ0v) is 17.4. The molecule has 3 N–H and O–H groups in total. The molecule has 2 unspecified atom stereocenters. The van der Waals surface area contributed by atoms with Gasteiger partial charge in [-0.1, -0.05) is 37.3 Å². The van der Waals surface area contributed by atoms with Crippen molar-refractivity contribution in [2.24, 2.45) is 5.92 Å². The SMILES string of the molecule is CNc1ccc(C(c2ccc(C)c(CN(C)C=O)c2)C(C)C(=O)C2=C[CH]2)cc1N. The highest BCUT2D eigenvalue weighted by Gasteiger charge is 2.32. The zero-order valence-electron chi connectivity index (χ0n) is 17.4. The summed E-state index contributed by atoms with van der Waals surface area (Å²) >= 11 is 0. The Morgan fingerprint density at radius 1 is 1.21 bits per heavy atom. The number of carbonyl (C=O) groups excluding carboxylic acids is 2. The summed E-state index contributed by atoms with van der Waals surface area (Å²) in [6, 6.07) is 12.2. The summed E-state index contributed by atoms with van der Waals surface area (Å²) < 4.78 is 0. The number of hydrogen-bond donors (Lipinski definition) is 2. The number of aryl methyl sites for hydroxylation is 1. The molecule has 5 nitrogen and oxygen atoms in total. The minimum Gasteiger partial charge on any atom is -0.397 e. The first-order chi connectivity index (χ1) is 13.8. The highest BCUT2D eigenvalue weighted by molar-refractivity contribution is 6.04. The van der Waals surface area contributed by atoms with Gasteiger partial charge in [0.2, 0.25) is 6.41 Å². The predicted molar refractivity (Wildman–Crippen MR) is 118 cm³/mol. The van der Waals surface area contributed by atoms with Gasteiger partial charge in [-0.15, -0.1) is 0 Å². The third-order valence-electron chi connectivity index (χ3n) is 5.57. The number of ketones is 1. The maximum absolute atomic E-state index is 12.9. The molecule has 5 heteroatoms. The van der Waals surface area contributed by atoms with Crippen LogP contribution in [0, 0.1) is 19.3 Å². The monoisotopic (exact) mass is 390 g/mol. The normalized spacial score (nSPS) is 14.6. The molecule has 2 aromatic rings. The van der Waals surface area contributed by atoms with E-state index < -0.39 is 0 Å². The highest BCUT2D eigenvalue weighted by atomic mass is 16.1. The number of nitrogens with one attached hydrogen (secondary N) is 1. The van der Waals surface area contributed by atoms with Crippen LogP contribution in [0.2, 0.25) is 0 Å². The van der Waals surface area contributed by atoms with Crippen LogP contribution >= 0.6 is 0 Å². The Kier molecular flexibility index (Phi) is 6.06. The largest absolute Gasteiger partial charge is 0.397 e. The Balaban J connectivity index is 2.06. The molecule has 0 aliphatic heterocycles. The van der Waals surface area contributed by atoms with E-state index in [1.54, 1.807) is 11.9 Å². The van der Waals surface area contributed by atoms with Crippen LogP contribution in [0.1, 0.15) is 35.1 Å². The van der Waals surface area contributed by atoms with Gasteiger partial charge in [-0.2, -0.15) is 0 Å². The van der Waals surface area contributed by atoms with Gasteiger partial charge < -0.3 is 16.0 Å². The van der Waals surface area contributed by atoms with Crippen molar-refractivity contribution in [1.29, 1.82) is 0 Å². The zero-order chi connectivity index (χ0) is 21.1. The lowest BCUT2D eigenvalue weighted by Gasteiger charge is -2.26. The van der Waals surface area contributed by atoms with Crippen LogP contribution < -0.4 is 11.1 Å². The van der Waals surface area contributed by atoms with Gasteiger partial charge in [-0.3, -0.25) is 9.59 Å². The maximum atomic E-state index is 12.9. The van der Waals surface area contributed by atoms with Crippen LogP contribution in [-0.2, 0) is 16.1 Å². The van der Waals surface area contributed by atoms with E-state index in [4.69, 9.17) is 5.73 Å². The summed E-state index contributed by atoms with van der Waals surface area (Å²) in [5, 5.41) is 3.08. The van der Waals surface area contributed by atoms with E-state index in [2.05, 4.69) is 23.5 Å². The lowest BCUT2D eigenvalue weighted by molar-refractivity contribution is -0.118. The first-order valence-corrected chi connectivity index (χ1v) is 9.77. The van der Waals surface area contributed by atoms with Crippen molar-refractivity contribution in [1.82, 2.24) is 4.90 Å². The Hall–Kier alpha value is -3.08. The molecule has 2 atom stereocenters. The van der Waals surface area contributed by atoms with Crippen LogP contribution in [0.25, 0.3) is 0 Å². The van der Waals surface area contributed by atoms with Crippen molar-refractivity contribution in [3.8, 4) is 0 Å². The Morgan fingerprint density at radius 2 is 1.86 bits per heavy atom. The fourth-order valence-corrected chi connectivity index (χ4v) is 3.75. The van der Waals surface area contributed by atoms with Crippen molar-refractivity contribution < 1.29 is 9.59 Å². The molecule has 0 saturated heterocycles. The number of nitrogens with two attached hydrogens (primary N) is 1. The van der Waals surface area contributed by atoms with Crippen LogP contribution in [0.4, 0.5) is 11.4 Å². The van der Waals surface area contributed by atoms with Gasteiger partial charge in [0, 0.05) is 38.9 Å². The molecular formula is C24H28N3O2. The molecule has 0 saturated carbocycles. The van der Waals surface area contributed by atoms with Crippen LogP contribution in [-0.4, -0.2) is 31.2 Å². The molecule has 1 amide bonds. The van der Waals surface area contributed by atoms with Crippen LogP contribution in [0.15, 0.2) is 48.0 Å². The fourth-order valence-electron chi connectivity index (χ4n) is 3.75. The van der Waals surface area contributed by atoms with Crippen LogP contribution in [0.5, 0.6) is 0 Å². The number of allylic oxidation sites excluding steroid dienone is 2. The number of rotatable bonds is 9. The smallest absolute Gasteiger partial charge is 0.209 e.